The highest BCUT2D eigenvalue weighted by molar-refractivity contribution is 9.10. The Morgan fingerprint density at radius 2 is 1.67 bits per heavy atom. The van der Waals surface area contributed by atoms with Crippen molar-refractivity contribution in [3.63, 3.8) is 0 Å². The van der Waals surface area contributed by atoms with Gasteiger partial charge in [-0.1, -0.05) is 89.4 Å². The predicted octanol–water partition coefficient (Wildman–Crippen LogP) is 6.51. The summed E-state index contributed by atoms with van der Waals surface area (Å²) >= 11 is 9.64. The van der Waals surface area contributed by atoms with Gasteiger partial charge in [-0.05, 0) is 60.7 Å². The van der Waals surface area contributed by atoms with E-state index in [1.54, 1.807) is 23.1 Å². The van der Waals surface area contributed by atoms with Gasteiger partial charge in [-0.15, -0.1) is 0 Å². The first-order valence-electron chi connectivity index (χ1n) is 14.1. The van der Waals surface area contributed by atoms with Crippen molar-refractivity contribution in [2.75, 3.05) is 23.7 Å². The fourth-order valence-corrected chi connectivity index (χ4v) is 6.13. The number of sulfonamides is 1. The Labute approximate surface area is 263 Å². The van der Waals surface area contributed by atoms with E-state index in [0.717, 1.165) is 40.3 Å². The van der Waals surface area contributed by atoms with E-state index in [0.29, 0.717) is 23.7 Å². The first-order valence-corrected chi connectivity index (χ1v) is 17.1. The predicted molar refractivity (Wildman–Crippen MR) is 174 cm³/mol. The van der Waals surface area contributed by atoms with Crippen LogP contribution in [0.1, 0.15) is 49.3 Å². The van der Waals surface area contributed by atoms with Gasteiger partial charge < -0.3 is 10.2 Å². The largest absolute Gasteiger partial charge is 0.354 e. The third-order valence-electron chi connectivity index (χ3n) is 6.96. The van der Waals surface area contributed by atoms with Gasteiger partial charge in [0.1, 0.15) is 6.04 Å². The maximum absolute atomic E-state index is 13.9. The van der Waals surface area contributed by atoms with Crippen LogP contribution in [0.4, 0.5) is 5.69 Å². The minimum Gasteiger partial charge on any atom is -0.354 e. The van der Waals surface area contributed by atoms with Crippen molar-refractivity contribution in [1.29, 1.82) is 0 Å². The molecule has 3 aromatic rings. The number of hydrogen-bond acceptors (Lipinski definition) is 4. The Hall–Kier alpha value is -2.88. The van der Waals surface area contributed by atoms with Crippen LogP contribution in [-0.4, -0.2) is 50.5 Å². The van der Waals surface area contributed by atoms with Gasteiger partial charge in [0, 0.05) is 42.0 Å². The number of anilines is 1. The summed E-state index contributed by atoms with van der Waals surface area (Å²) in [5, 5.41) is 3.45. The number of unbranched alkanes of at least 4 members (excludes halogenated alkanes) is 1. The molecule has 226 valence electrons. The minimum absolute atomic E-state index is 0.0652. The van der Waals surface area contributed by atoms with E-state index >= 15 is 0 Å². The van der Waals surface area contributed by atoms with Crippen molar-refractivity contribution < 1.29 is 18.0 Å². The monoisotopic (exact) mass is 675 g/mol. The Morgan fingerprint density at radius 3 is 2.31 bits per heavy atom. The van der Waals surface area contributed by atoms with Crippen molar-refractivity contribution in [3.05, 3.63) is 99.0 Å². The van der Waals surface area contributed by atoms with Crippen LogP contribution in [0.15, 0.2) is 77.3 Å². The van der Waals surface area contributed by atoms with E-state index in [2.05, 4.69) is 28.2 Å². The van der Waals surface area contributed by atoms with Crippen molar-refractivity contribution in [2.45, 2.75) is 58.5 Å². The van der Waals surface area contributed by atoms with Gasteiger partial charge in [-0.25, -0.2) is 8.42 Å². The van der Waals surface area contributed by atoms with Crippen LogP contribution in [0.25, 0.3) is 0 Å². The number of carbonyl (C=O) groups excluding carboxylic acids is 2. The molecule has 3 rings (SSSR count). The summed E-state index contributed by atoms with van der Waals surface area (Å²) in [4.78, 5) is 29.1. The molecule has 0 aliphatic carbocycles. The van der Waals surface area contributed by atoms with Crippen LogP contribution in [-0.2, 0) is 32.6 Å². The standard InChI is InChI=1S/C32H39BrClN3O4S/c1-4-5-19-35-32(39)30(21-25-10-7-6-8-11-25)36(23-26-14-16-27(33)17-15-26)31(38)12-9-20-37(42(3,40)41)29-22-28(34)18-13-24(29)2/h6-8,10-11,13-18,22,30H,4-5,9,12,19-21,23H2,1-3H3,(H,35,39)/t30-/m1/s1. The molecular weight excluding hydrogens is 638 g/mol. The second-order valence-corrected chi connectivity index (χ2v) is 13.6. The number of aryl methyl sites for hydroxylation is 1. The quantitative estimate of drug-likeness (QED) is 0.186. The molecule has 10 heteroatoms. The highest BCUT2D eigenvalue weighted by Crippen LogP contribution is 2.27. The van der Waals surface area contributed by atoms with Gasteiger partial charge in [-0.2, -0.15) is 0 Å². The molecule has 0 bridgehead atoms. The van der Waals surface area contributed by atoms with E-state index in [4.69, 9.17) is 11.6 Å². The molecule has 0 saturated carbocycles. The average molecular weight is 677 g/mol. The van der Waals surface area contributed by atoms with Crippen LogP contribution in [0.5, 0.6) is 0 Å². The first kappa shape index (κ1) is 33.6. The maximum Gasteiger partial charge on any atom is 0.243 e. The van der Waals surface area contributed by atoms with E-state index in [1.807, 2.05) is 61.5 Å². The molecule has 0 spiro atoms. The van der Waals surface area contributed by atoms with E-state index in [9.17, 15) is 18.0 Å². The van der Waals surface area contributed by atoms with Crippen molar-refractivity contribution in [3.8, 4) is 0 Å². The fraction of sp³-hybridized carbons (Fsp3) is 0.375. The molecule has 2 amide bonds. The molecule has 0 aromatic heterocycles. The molecule has 0 fully saturated rings. The van der Waals surface area contributed by atoms with Gasteiger partial charge in [0.15, 0.2) is 0 Å². The second-order valence-electron chi connectivity index (χ2n) is 10.4. The number of hydrogen-bond donors (Lipinski definition) is 1. The SMILES string of the molecule is CCCCNC(=O)[C@@H](Cc1ccccc1)N(Cc1ccc(Br)cc1)C(=O)CCCN(c1cc(Cl)ccc1C)S(C)(=O)=O. The van der Waals surface area contributed by atoms with Crippen LogP contribution >= 0.6 is 27.5 Å². The lowest BCUT2D eigenvalue weighted by Gasteiger charge is -2.32. The molecule has 0 radical (unpaired) electrons. The number of nitrogens with zero attached hydrogens (tertiary/aromatic N) is 2. The molecule has 7 nitrogen and oxygen atoms in total. The average Bonchev–Trinajstić information content (AvgIpc) is 2.95. The smallest absolute Gasteiger partial charge is 0.243 e. The number of rotatable bonds is 15. The number of carbonyl (C=O) groups is 2. The lowest BCUT2D eigenvalue weighted by Crippen LogP contribution is -2.50. The van der Waals surface area contributed by atoms with Crippen LogP contribution in [0.3, 0.4) is 0 Å². The summed E-state index contributed by atoms with van der Waals surface area (Å²) in [6, 6.07) is 21.7. The van der Waals surface area contributed by atoms with E-state index < -0.39 is 16.1 Å². The summed E-state index contributed by atoms with van der Waals surface area (Å²) in [7, 11) is -3.63. The van der Waals surface area contributed by atoms with E-state index in [1.165, 1.54) is 4.31 Å². The number of benzene rings is 3. The van der Waals surface area contributed by atoms with Crippen molar-refractivity contribution in [1.82, 2.24) is 10.2 Å². The number of halogens is 2. The zero-order valence-electron chi connectivity index (χ0n) is 24.4. The summed E-state index contributed by atoms with van der Waals surface area (Å²) in [5.74, 6) is -0.425. The Kier molecular flexibility index (Phi) is 12.9. The molecule has 0 heterocycles. The van der Waals surface area contributed by atoms with Crippen molar-refractivity contribution >= 4 is 55.1 Å². The molecule has 0 saturated heterocycles. The Morgan fingerprint density at radius 1 is 0.976 bits per heavy atom. The molecule has 1 atom stereocenters. The normalized spacial score (nSPS) is 12.0. The van der Waals surface area contributed by atoms with Gasteiger partial charge in [0.25, 0.3) is 0 Å². The maximum atomic E-state index is 13.9. The van der Waals surface area contributed by atoms with Gasteiger partial charge in [0.05, 0.1) is 11.9 Å². The van der Waals surface area contributed by atoms with Crippen LogP contribution < -0.4 is 9.62 Å². The van der Waals surface area contributed by atoms with E-state index in [-0.39, 0.29) is 37.7 Å². The number of amides is 2. The van der Waals surface area contributed by atoms with Crippen molar-refractivity contribution in [2.24, 2.45) is 0 Å². The number of nitrogens with one attached hydrogen (secondary N) is 1. The summed E-state index contributed by atoms with van der Waals surface area (Å²) in [6.07, 6.45) is 3.62. The summed E-state index contributed by atoms with van der Waals surface area (Å²) < 4.78 is 27.7. The van der Waals surface area contributed by atoms with Crippen LogP contribution in [0.2, 0.25) is 5.02 Å². The molecule has 42 heavy (non-hydrogen) atoms. The molecule has 0 aliphatic heterocycles. The Bertz CT molecular complexity index is 1440. The Balaban J connectivity index is 1.88. The van der Waals surface area contributed by atoms with Crippen LogP contribution in [0, 0.1) is 6.92 Å². The molecule has 3 aromatic carbocycles. The summed E-state index contributed by atoms with van der Waals surface area (Å²) in [6.45, 7) is 4.75. The zero-order chi connectivity index (χ0) is 30.7. The first-order chi connectivity index (χ1) is 20.0. The molecule has 0 unspecified atom stereocenters. The van der Waals surface area contributed by atoms with Gasteiger partial charge in [-0.3, -0.25) is 13.9 Å². The minimum atomic E-state index is -3.63. The lowest BCUT2D eigenvalue weighted by atomic mass is 10.0. The molecule has 0 aliphatic rings. The lowest BCUT2D eigenvalue weighted by molar-refractivity contribution is -0.141. The third-order valence-corrected chi connectivity index (χ3v) is 8.90. The van der Waals surface area contributed by atoms with Gasteiger partial charge >= 0.3 is 0 Å². The molecule has 1 N–H and O–H groups in total. The fourth-order valence-electron chi connectivity index (χ4n) is 4.68. The highest BCUT2D eigenvalue weighted by atomic mass is 79.9. The topological polar surface area (TPSA) is 86.8 Å². The summed E-state index contributed by atoms with van der Waals surface area (Å²) in [5.41, 5.74) is 3.08. The molecular formula is C32H39BrClN3O4S. The second kappa shape index (κ2) is 16.1. The van der Waals surface area contributed by atoms with Gasteiger partial charge in [0.2, 0.25) is 21.8 Å². The highest BCUT2D eigenvalue weighted by Gasteiger charge is 2.30. The zero-order valence-corrected chi connectivity index (χ0v) is 27.5. The third kappa shape index (κ3) is 10.1.